The van der Waals surface area contributed by atoms with Gasteiger partial charge in [-0.15, -0.1) is 0 Å². The number of hydrogen-bond acceptors (Lipinski definition) is 6. The highest BCUT2D eigenvalue weighted by atomic mass is 19.4. The number of nitrogens with one attached hydrogen (secondary N) is 1. The third-order valence-electron chi connectivity index (χ3n) is 4.99. The molecule has 3 amide bonds. The number of rotatable bonds is 5. The van der Waals surface area contributed by atoms with Crippen LogP contribution in [0.25, 0.3) is 0 Å². The molecule has 1 fully saturated rings. The SMILES string of the molecule is CC(=O)N1CCN(c2ccc(C(F)(F)F)cc2NC2=CC(=O)N(CCO)C2=O)CC1. The van der Waals surface area contributed by atoms with Crippen LogP contribution in [0.1, 0.15) is 12.5 Å². The Morgan fingerprint density at radius 2 is 1.83 bits per heavy atom. The second kappa shape index (κ2) is 8.34. The summed E-state index contributed by atoms with van der Waals surface area (Å²) in [7, 11) is 0. The molecular weight excluding hydrogens is 405 g/mol. The van der Waals surface area contributed by atoms with E-state index in [0.717, 1.165) is 23.1 Å². The Morgan fingerprint density at radius 3 is 2.40 bits per heavy atom. The molecule has 2 N–H and O–H groups in total. The van der Waals surface area contributed by atoms with Gasteiger partial charge in [-0.25, -0.2) is 0 Å². The van der Waals surface area contributed by atoms with Gasteiger partial charge < -0.3 is 20.2 Å². The van der Waals surface area contributed by atoms with Crippen LogP contribution in [0.2, 0.25) is 0 Å². The zero-order chi connectivity index (χ0) is 22.1. The van der Waals surface area contributed by atoms with Crippen molar-refractivity contribution in [2.75, 3.05) is 49.5 Å². The highest BCUT2D eigenvalue weighted by Gasteiger charge is 2.34. The van der Waals surface area contributed by atoms with Crippen LogP contribution in [-0.4, -0.2) is 72.0 Å². The summed E-state index contributed by atoms with van der Waals surface area (Å²) in [5.74, 6) is -1.46. The number of aliphatic hydroxyl groups is 1. The summed E-state index contributed by atoms with van der Waals surface area (Å²) in [6.45, 7) is 2.47. The molecule has 0 aliphatic carbocycles. The molecule has 0 atom stereocenters. The number of carbonyl (C=O) groups excluding carboxylic acids is 3. The standard InChI is InChI=1S/C19H21F3N4O4/c1-12(28)24-4-6-25(7-5-24)16-3-2-13(19(20,21)22)10-14(16)23-15-11-17(29)26(8-9-27)18(15)30/h2-3,10-11,23,27H,4-9H2,1H3. The summed E-state index contributed by atoms with van der Waals surface area (Å²) in [6.07, 6.45) is -3.59. The first-order valence-electron chi connectivity index (χ1n) is 9.29. The molecule has 1 saturated heterocycles. The second-order valence-corrected chi connectivity index (χ2v) is 6.92. The molecule has 1 aromatic carbocycles. The maximum atomic E-state index is 13.2. The molecule has 0 unspecified atom stereocenters. The molecule has 2 heterocycles. The number of β-amino-alcohol motifs (C(OH)–C–C–N with tert-alkyl or cyclic N) is 1. The second-order valence-electron chi connectivity index (χ2n) is 6.92. The molecule has 2 aliphatic heterocycles. The third kappa shape index (κ3) is 4.40. The first kappa shape index (κ1) is 21.6. The molecule has 0 bridgehead atoms. The summed E-state index contributed by atoms with van der Waals surface area (Å²) >= 11 is 0. The Kier molecular flexibility index (Phi) is 6.01. The lowest BCUT2D eigenvalue weighted by molar-refractivity contribution is -0.138. The van der Waals surface area contributed by atoms with Crippen molar-refractivity contribution in [3.63, 3.8) is 0 Å². The van der Waals surface area contributed by atoms with Gasteiger partial charge in [-0.3, -0.25) is 19.3 Å². The van der Waals surface area contributed by atoms with Gasteiger partial charge in [0.1, 0.15) is 5.70 Å². The van der Waals surface area contributed by atoms with Gasteiger partial charge in [-0.05, 0) is 18.2 Å². The summed E-state index contributed by atoms with van der Waals surface area (Å²) in [5, 5.41) is 11.7. The quantitative estimate of drug-likeness (QED) is 0.684. The van der Waals surface area contributed by atoms with Crippen LogP contribution in [0.3, 0.4) is 0 Å². The van der Waals surface area contributed by atoms with Crippen molar-refractivity contribution >= 4 is 29.1 Å². The lowest BCUT2D eigenvalue weighted by atomic mass is 10.1. The van der Waals surface area contributed by atoms with E-state index in [0.29, 0.717) is 31.9 Å². The lowest BCUT2D eigenvalue weighted by Crippen LogP contribution is -2.48. The molecule has 0 spiro atoms. The molecule has 8 nitrogen and oxygen atoms in total. The monoisotopic (exact) mass is 426 g/mol. The summed E-state index contributed by atoms with van der Waals surface area (Å²) in [5.41, 5.74) is -0.621. The van der Waals surface area contributed by atoms with E-state index in [2.05, 4.69) is 5.32 Å². The predicted octanol–water partition coefficient (Wildman–Crippen LogP) is 1.03. The van der Waals surface area contributed by atoms with E-state index in [9.17, 15) is 27.6 Å². The van der Waals surface area contributed by atoms with Crippen LogP contribution in [0.4, 0.5) is 24.5 Å². The number of imide groups is 1. The Bertz CT molecular complexity index is 892. The van der Waals surface area contributed by atoms with Crippen molar-refractivity contribution in [3.05, 3.63) is 35.5 Å². The van der Waals surface area contributed by atoms with Gasteiger partial charge in [-0.2, -0.15) is 13.2 Å². The van der Waals surface area contributed by atoms with Crippen LogP contribution in [0.15, 0.2) is 30.0 Å². The fourth-order valence-corrected chi connectivity index (χ4v) is 3.41. The van der Waals surface area contributed by atoms with Crippen molar-refractivity contribution in [2.24, 2.45) is 0 Å². The number of nitrogens with zero attached hydrogens (tertiary/aromatic N) is 3. The zero-order valence-corrected chi connectivity index (χ0v) is 16.2. The minimum Gasteiger partial charge on any atom is -0.395 e. The number of aliphatic hydroxyl groups excluding tert-OH is 1. The molecule has 2 aliphatic rings. The lowest BCUT2D eigenvalue weighted by Gasteiger charge is -2.36. The zero-order valence-electron chi connectivity index (χ0n) is 16.2. The summed E-state index contributed by atoms with van der Waals surface area (Å²) < 4.78 is 39.7. The molecule has 0 saturated carbocycles. The average molecular weight is 426 g/mol. The van der Waals surface area contributed by atoms with Crippen LogP contribution in [0.5, 0.6) is 0 Å². The number of alkyl halides is 3. The van der Waals surface area contributed by atoms with Gasteiger partial charge in [0.15, 0.2) is 0 Å². The Morgan fingerprint density at radius 1 is 1.17 bits per heavy atom. The van der Waals surface area contributed by atoms with E-state index in [-0.39, 0.29) is 23.8 Å². The summed E-state index contributed by atoms with van der Waals surface area (Å²) in [6, 6.07) is 3.15. The number of benzene rings is 1. The van der Waals surface area contributed by atoms with E-state index in [1.54, 1.807) is 4.90 Å². The van der Waals surface area contributed by atoms with Crippen molar-refractivity contribution < 1.29 is 32.7 Å². The number of piperazine rings is 1. The largest absolute Gasteiger partial charge is 0.416 e. The van der Waals surface area contributed by atoms with Crippen molar-refractivity contribution in [3.8, 4) is 0 Å². The fourth-order valence-electron chi connectivity index (χ4n) is 3.41. The highest BCUT2D eigenvalue weighted by molar-refractivity contribution is 6.17. The topological polar surface area (TPSA) is 93.2 Å². The average Bonchev–Trinajstić information content (AvgIpc) is 2.95. The van der Waals surface area contributed by atoms with Gasteiger partial charge >= 0.3 is 6.18 Å². The molecule has 0 aromatic heterocycles. The van der Waals surface area contributed by atoms with E-state index in [1.165, 1.54) is 13.0 Å². The maximum absolute atomic E-state index is 13.2. The van der Waals surface area contributed by atoms with E-state index < -0.39 is 30.2 Å². The minimum atomic E-state index is -4.59. The van der Waals surface area contributed by atoms with Gasteiger partial charge in [0.05, 0.1) is 30.1 Å². The number of anilines is 2. The fraction of sp³-hybridized carbons (Fsp3) is 0.421. The van der Waals surface area contributed by atoms with E-state index >= 15 is 0 Å². The molecule has 1 aromatic rings. The van der Waals surface area contributed by atoms with Crippen LogP contribution in [-0.2, 0) is 20.6 Å². The first-order chi connectivity index (χ1) is 14.1. The molecule has 0 radical (unpaired) electrons. The van der Waals surface area contributed by atoms with E-state index in [4.69, 9.17) is 5.11 Å². The Labute approximate surface area is 170 Å². The predicted molar refractivity (Wildman–Crippen MR) is 101 cm³/mol. The van der Waals surface area contributed by atoms with Crippen molar-refractivity contribution in [1.29, 1.82) is 0 Å². The maximum Gasteiger partial charge on any atom is 0.416 e. The molecule has 162 valence electrons. The number of halogens is 3. The van der Waals surface area contributed by atoms with Crippen molar-refractivity contribution in [2.45, 2.75) is 13.1 Å². The third-order valence-corrected chi connectivity index (χ3v) is 4.99. The Hall–Kier alpha value is -3.08. The number of amides is 3. The highest BCUT2D eigenvalue weighted by Crippen LogP contribution is 2.36. The molecule has 3 rings (SSSR count). The Balaban J connectivity index is 1.90. The molecule has 11 heteroatoms. The molecule has 30 heavy (non-hydrogen) atoms. The van der Waals surface area contributed by atoms with Crippen LogP contribution < -0.4 is 10.2 Å². The van der Waals surface area contributed by atoms with Crippen LogP contribution in [0, 0.1) is 0 Å². The summed E-state index contributed by atoms with van der Waals surface area (Å²) in [4.78, 5) is 40.1. The van der Waals surface area contributed by atoms with Gasteiger partial charge in [0.2, 0.25) is 5.91 Å². The van der Waals surface area contributed by atoms with Gasteiger partial charge in [0.25, 0.3) is 11.8 Å². The van der Waals surface area contributed by atoms with E-state index in [1.807, 2.05) is 4.90 Å². The number of carbonyl (C=O) groups is 3. The van der Waals surface area contributed by atoms with Crippen LogP contribution >= 0.6 is 0 Å². The first-order valence-corrected chi connectivity index (χ1v) is 9.29. The minimum absolute atomic E-state index is 0.0272. The smallest absolute Gasteiger partial charge is 0.395 e. The molecular formula is C19H21F3N4O4. The van der Waals surface area contributed by atoms with Gasteiger partial charge in [-0.1, -0.05) is 0 Å². The number of hydrogen-bond donors (Lipinski definition) is 2. The van der Waals surface area contributed by atoms with Gasteiger partial charge in [0, 0.05) is 39.2 Å². The van der Waals surface area contributed by atoms with Crippen molar-refractivity contribution in [1.82, 2.24) is 9.80 Å². The normalized spacial score (nSPS) is 17.5.